The molecule has 0 aliphatic heterocycles. The van der Waals surface area contributed by atoms with Crippen molar-refractivity contribution in [3.8, 4) is 0 Å². The van der Waals surface area contributed by atoms with E-state index >= 15 is 0 Å². The van der Waals surface area contributed by atoms with Crippen LogP contribution >= 0.6 is 15.7 Å². The summed E-state index contributed by atoms with van der Waals surface area (Å²) in [7, 11) is -2.45. The topological polar surface area (TPSA) is 17.1 Å². The summed E-state index contributed by atoms with van der Waals surface area (Å²) in [4.78, 5) is 0. The van der Waals surface area contributed by atoms with Crippen LogP contribution in [0, 0.1) is 27.7 Å². The average molecular weight is 439 g/mol. The number of benzene rings is 2. The summed E-state index contributed by atoms with van der Waals surface area (Å²) in [5.41, 5.74) is 7.00. The SMILES string of the molecule is Cc1cc(C)cc(P(c2cc(C)cc(C)c2)[C@H](C)C2=C([PH](=O)C(C)(C)C)C=CC2)c1. The number of hydrogen-bond donors (Lipinski definition) is 0. The second-order valence-corrected chi connectivity index (χ2v) is 15.1. The zero-order valence-electron chi connectivity index (χ0n) is 19.8. The van der Waals surface area contributed by atoms with E-state index in [1.165, 1.54) is 38.4 Å². The van der Waals surface area contributed by atoms with Crippen LogP contribution in [0.15, 0.2) is 59.4 Å². The Labute approximate surface area is 185 Å². The van der Waals surface area contributed by atoms with E-state index in [9.17, 15) is 4.57 Å². The van der Waals surface area contributed by atoms with Crippen LogP contribution in [0.25, 0.3) is 0 Å². The van der Waals surface area contributed by atoms with Gasteiger partial charge in [0.15, 0.2) is 0 Å². The van der Waals surface area contributed by atoms with Crippen LogP contribution in [0.1, 0.15) is 56.4 Å². The third-order valence-electron chi connectivity index (χ3n) is 5.75. The van der Waals surface area contributed by atoms with Gasteiger partial charge in [0.2, 0.25) is 0 Å². The molecule has 3 rings (SSSR count). The van der Waals surface area contributed by atoms with Crippen molar-refractivity contribution in [1.29, 1.82) is 0 Å². The number of rotatable bonds is 5. The highest BCUT2D eigenvalue weighted by Crippen LogP contribution is 2.54. The molecule has 0 saturated carbocycles. The summed E-state index contributed by atoms with van der Waals surface area (Å²) in [6.45, 7) is 17.4. The standard InChI is InChI=1S/C27H36OP2/c1-18-12-19(2)15-23(14-18)29(24-16-20(3)13-21(4)17-24)22(5)25-10-9-11-26(25)30(28)27(6,7)8/h9,11-17,22,30H,10H2,1-8H3/t22-/m1/s1. The first kappa shape index (κ1) is 23.2. The molecule has 1 aliphatic rings. The van der Waals surface area contributed by atoms with Crippen molar-refractivity contribution in [3.63, 3.8) is 0 Å². The van der Waals surface area contributed by atoms with Crippen molar-refractivity contribution in [3.05, 3.63) is 81.7 Å². The number of hydrogen-bond acceptors (Lipinski definition) is 1. The fraction of sp³-hybridized carbons (Fsp3) is 0.407. The number of allylic oxidation sites excluding steroid dienone is 4. The molecule has 1 aliphatic carbocycles. The van der Waals surface area contributed by atoms with E-state index in [4.69, 9.17) is 0 Å². The van der Waals surface area contributed by atoms with Gasteiger partial charge in [-0.3, -0.25) is 0 Å². The van der Waals surface area contributed by atoms with Gasteiger partial charge >= 0.3 is 0 Å². The van der Waals surface area contributed by atoms with E-state index in [0.29, 0.717) is 5.66 Å². The third kappa shape index (κ3) is 5.07. The highest BCUT2D eigenvalue weighted by atomic mass is 31.1. The van der Waals surface area contributed by atoms with Crippen LogP contribution < -0.4 is 10.6 Å². The van der Waals surface area contributed by atoms with Gasteiger partial charge in [0.05, 0.1) is 0 Å². The Hall–Kier alpha value is -1.42. The van der Waals surface area contributed by atoms with Gasteiger partial charge in [0.1, 0.15) is 7.80 Å². The normalized spacial score (nSPS) is 16.4. The molecule has 0 N–H and O–H groups in total. The van der Waals surface area contributed by atoms with Crippen molar-refractivity contribution < 1.29 is 4.57 Å². The second-order valence-electron chi connectivity index (χ2n) is 9.86. The molecule has 1 unspecified atom stereocenters. The lowest BCUT2D eigenvalue weighted by Gasteiger charge is -2.30. The molecule has 0 fully saturated rings. The molecule has 0 amide bonds. The van der Waals surface area contributed by atoms with Crippen molar-refractivity contribution in [2.45, 2.75) is 72.6 Å². The summed E-state index contributed by atoms with van der Waals surface area (Å²) in [5.74, 6) is 0. The minimum Gasteiger partial charge on any atom is -0.321 e. The lowest BCUT2D eigenvalue weighted by Crippen LogP contribution is -2.23. The summed E-state index contributed by atoms with van der Waals surface area (Å²) in [5, 5.41) is 3.80. The van der Waals surface area contributed by atoms with E-state index in [1.807, 2.05) is 0 Å². The first-order chi connectivity index (χ1) is 14.0. The Morgan fingerprint density at radius 2 is 1.27 bits per heavy atom. The molecule has 0 saturated heterocycles. The largest absolute Gasteiger partial charge is 0.321 e. The molecule has 0 aromatic heterocycles. The Morgan fingerprint density at radius 1 is 0.833 bits per heavy atom. The lowest BCUT2D eigenvalue weighted by atomic mass is 10.1. The van der Waals surface area contributed by atoms with Gasteiger partial charge in [-0.15, -0.1) is 0 Å². The molecule has 1 nitrogen and oxygen atoms in total. The average Bonchev–Trinajstić information content (AvgIpc) is 3.08. The van der Waals surface area contributed by atoms with Crippen LogP contribution in [-0.2, 0) is 4.57 Å². The first-order valence-corrected chi connectivity index (χ1v) is 13.7. The highest BCUT2D eigenvalue weighted by molar-refractivity contribution is 7.73. The van der Waals surface area contributed by atoms with E-state index in [1.54, 1.807) is 0 Å². The lowest BCUT2D eigenvalue weighted by molar-refractivity contribution is 0.570. The molecule has 0 radical (unpaired) electrons. The second kappa shape index (κ2) is 8.98. The maximum Gasteiger partial charge on any atom is 0.109 e. The molecule has 0 heterocycles. The fourth-order valence-corrected chi connectivity index (χ4v) is 9.40. The molecular formula is C27H36OP2. The summed E-state index contributed by atoms with van der Waals surface area (Å²) >= 11 is 0. The van der Waals surface area contributed by atoms with Gasteiger partial charge < -0.3 is 4.57 Å². The van der Waals surface area contributed by atoms with Gasteiger partial charge in [-0.1, -0.05) is 98.5 Å². The number of aryl methyl sites for hydroxylation is 4. The van der Waals surface area contributed by atoms with Crippen LogP contribution in [0.4, 0.5) is 0 Å². The zero-order valence-corrected chi connectivity index (χ0v) is 21.7. The molecule has 30 heavy (non-hydrogen) atoms. The smallest absolute Gasteiger partial charge is 0.109 e. The molecule has 2 atom stereocenters. The van der Waals surface area contributed by atoms with E-state index in [2.05, 4.69) is 104 Å². The summed E-state index contributed by atoms with van der Waals surface area (Å²) < 4.78 is 13.4. The van der Waals surface area contributed by atoms with Crippen molar-refractivity contribution in [2.75, 3.05) is 0 Å². The van der Waals surface area contributed by atoms with Crippen LogP contribution in [0.2, 0.25) is 0 Å². The Balaban J connectivity index is 2.18. The van der Waals surface area contributed by atoms with E-state index in [0.717, 1.165) is 11.7 Å². The van der Waals surface area contributed by atoms with Gasteiger partial charge in [0.25, 0.3) is 0 Å². The molecule has 2 aromatic rings. The predicted molar refractivity (Wildman–Crippen MR) is 137 cm³/mol. The molecule has 2 aromatic carbocycles. The first-order valence-electron chi connectivity index (χ1n) is 10.9. The van der Waals surface area contributed by atoms with Crippen LogP contribution in [-0.4, -0.2) is 10.8 Å². The van der Waals surface area contributed by atoms with Crippen LogP contribution in [0.5, 0.6) is 0 Å². The maximum absolute atomic E-state index is 13.4. The van der Waals surface area contributed by atoms with Crippen LogP contribution in [0.3, 0.4) is 0 Å². The Bertz CT molecular complexity index is 945. The van der Waals surface area contributed by atoms with Gasteiger partial charge in [-0.2, -0.15) is 0 Å². The van der Waals surface area contributed by atoms with Crippen molar-refractivity contribution >= 4 is 26.3 Å². The molecule has 160 valence electrons. The zero-order chi connectivity index (χ0) is 22.2. The minimum atomic E-state index is -1.85. The fourth-order valence-electron chi connectivity index (χ4n) is 4.47. The van der Waals surface area contributed by atoms with Crippen molar-refractivity contribution in [2.24, 2.45) is 0 Å². The summed E-state index contributed by atoms with van der Waals surface area (Å²) in [6, 6.07) is 14.0. The monoisotopic (exact) mass is 438 g/mol. The summed E-state index contributed by atoms with van der Waals surface area (Å²) in [6.07, 6.45) is 5.29. The van der Waals surface area contributed by atoms with Gasteiger partial charge in [-0.05, 0) is 58.2 Å². The van der Waals surface area contributed by atoms with E-state index < -0.39 is 15.7 Å². The quantitative estimate of drug-likeness (QED) is 0.447. The third-order valence-corrected chi connectivity index (χ3v) is 10.8. The van der Waals surface area contributed by atoms with Gasteiger partial charge in [-0.25, -0.2) is 0 Å². The molecular weight excluding hydrogens is 402 g/mol. The van der Waals surface area contributed by atoms with E-state index in [-0.39, 0.29) is 5.16 Å². The molecule has 0 spiro atoms. The Morgan fingerprint density at radius 3 is 1.67 bits per heavy atom. The Kier molecular flexibility index (Phi) is 6.96. The predicted octanol–water partition coefficient (Wildman–Crippen LogP) is 7.31. The van der Waals surface area contributed by atoms with Crippen molar-refractivity contribution in [1.82, 2.24) is 0 Å². The minimum absolute atomic E-state index is 0.178. The molecule has 0 bridgehead atoms. The molecule has 3 heteroatoms. The highest BCUT2D eigenvalue weighted by Gasteiger charge is 2.31. The van der Waals surface area contributed by atoms with Gasteiger partial charge in [0, 0.05) is 16.1 Å². The maximum atomic E-state index is 13.4.